The predicted molar refractivity (Wildman–Crippen MR) is 129 cm³/mol. The van der Waals surface area contributed by atoms with Gasteiger partial charge in [-0.25, -0.2) is 4.79 Å². The average Bonchev–Trinajstić information content (AvgIpc) is 2.84. The van der Waals surface area contributed by atoms with E-state index in [0.717, 1.165) is 49.0 Å². The molecule has 0 aromatic heterocycles. The summed E-state index contributed by atoms with van der Waals surface area (Å²) in [5, 5.41) is 13.9. The zero-order chi connectivity index (χ0) is 23.4. The Hall–Kier alpha value is -3.53. The fourth-order valence-corrected chi connectivity index (χ4v) is 4.22. The molecule has 0 atom stereocenters. The van der Waals surface area contributed by atoms with Gasteiger partial charge >= 0.3 is 6.03 Å². The van der Waals surface area contributed by atoms with Crippen LogP contribution in [0.4, 0.5) is 27.5 Å². The molecule has 0 bridgehead atoms. The van der Waals surface area contributed by atoms with Crippen LogP contribution in [-0.2, 0) is 0 Å². The van der Waals surface area contributed by atoms with E-state index < -0.39 is 4.92 Å². The summed E-state index contributed by atoms with van der Waals surface area (Å²) in [7, 11) is 3.78. The van der Waals surface area contributed by atoms with E-state index in [4.69, 9.17) is 4.74 Å². The first-order valence-electron chi connectivity index (χ1n) is 11.1. The minimum absolute atomic E-state index is 0.0761. The molecule has 2 amide bonds. The fraction of sp³-hybridized carbons (Fsp3) is 0.435. The number of methoxy groups -OCH3 is 1. The molecule has 2 aromatic rings. The van der Waals surface area contributed by atoms with Crippen LogP contribution in [0.25, 0.3) is 0 Å². The molecule has 2 aliphatic rings. The number of ether oxygens (including phenoxy) is 1. The van der Waals surface area contributed by atoms with Crippen molar-refractivity contribution >= 4 is 28.8 Å². The Kier molecular flexibility index (Phi) is 6.83. The predicted octanol–water partition coefficient (Wildman–Crippen LogP) is 2.71. The molecule has 2 aromatic carbocycles. The van der Waals surface area contributed by atoms with E-state index in [0.29, 0.717) is 26.2 Å². The average molecular weight is 455 g/mol. The maximum absolute atomic E-state index is 12.9. The standard InChI is InChI=1S/C23H30N6O4/c1-25-9-11-27(12-10-25)21-17-18(3-8-22(21)33-2)24-23(30)28-15-13-26(14-16-28)19-4-6-20(7-5-19)29(31)32/h3-8,17H,9-16H2,1-2H3,(H,24,30). The zero-order valence-corrected chi connectivity index (χ0v) is 19.1. The van der Waals surface area contributed by atoms with Crippen molar-refractivity contribution < 1.29 is 14.5 Å². The third-order valence-electron chi connectivity index (χ3n) is 6.27. The molecule has 2 fully saturated rings. The number of nitro benzene ring substituents is 1. The molecule has 1 N–H and O–H groups in total. The first-order valence-corrected chi connectivity index (χ1v) is 11.1. The number of likely N-dealkylation sites (N-methyl/N-ethyl adjacent to an activating group) is 1. The lowest BCUT2D eigenvalue weighted by Crippen LogP contribution is -2.50. The summed E-state index contributed by atoms with van der Waals surface area (Å²) in [6, 6.07) is 12.1. The number of anilines is 3. The number of piperazine rings is 2. The number of nitro groups is 1. The number of non-ortho nitro benzene ring substituents is 1. The van der Waals surface area contributed by atoms with Crippen LogP contribution in [-0.4, -0.2) is 87.3 Å². The molecule has 176 valence electrons. The maximum atomic E-state index is 12.9. The van der Waals surface area contributed by atoms with Crippen molar-refractivity contribution in [3.63, 3.8) is 0 Å². The molecular formula is C23H30N6O4. The smallest absolute Gasteiger partial charge is 0.321 e. The van der Waals surface area contributed by atoms with Crippen molar-refractivity contribution in [2.24, 2.45) is 0 Å². The number of hydrogen-bond donors (Lipinski definition) is 1. The summed E-state index contributed by atoms with van der Waals surface area (Å²) in [5.74, 6) is 0.800. The lowest BCUT2D eigenvalue weighted by Gasteiger charge is -2.36. The number of hydrogen-bond acceptors (Lipinski definition) is 7. The molecule has 2 aliphatic heterocycles. The van der Waals surface area contributed by atoms with Gasteiger partial charge in [-0.15, -0.1) is 0 Å². The van der Waals surface area contributed by atoms with Crippen molar-refractivity contribution in [2.45, 2.75) is 0 Å². The molecule has 10 heteroatoms. The van der Waals surface area contributed by atoms with E-state index in [-0.39, 0.29) is 11.7 Å². The summed E-state index contributed by atoms with van der Waals surface area (Å²) < 4.78 is 5.55. The van der Waals surface area contributed by atoms with Gasteiger partial charge in [-0.3, -0.25) is 10.1 Å². The molecule has 10 nitrogen and oxygen atoms in total. The van der Waals surface area contributed by atoms with Crippen LogP contribution in [0.15, 0.2) is 42.5 Å². The number of benzene rings is 2. The van der Waals surface area contributed by atoms with Crippen LogP contribution in [0.1, 0.15) is 0 Å². The van der Waals surface area contributed by atoms with Gasteiger partial charge in [0, 0.05) is 75.9 Å². The van der Waals surface area contributed by atoms with E-state index >= 15 is 0 Å². The third kappa shape index (κ3) is 5.28. The summed E-state index contributed by atoms with van der Waals surface area (Å²) in [6.45, 7) is 6.27. The number of carbonyl (C=O) groups excluding carboxylic acids is 1. The highest BCUT2D eigenvalue weighted by Crippen LogP contribution is 2.32. The van der Waals surface area contributed by atoms with E-state index in [9.17, 15) is 14.9 Å². The SMILES string of the molecule is COc1ccc(NC(=O)N2CCN(c3ccc([N+](=O)[O-])cc3)CC2)cc1N1CCN(C)CC1. The Morgan fingerprint density at radius 2 is 1.58 bits per heavy atom. The highest BCUT2D eigenvalue weighted by atomic mass is 16.6. The Morgan fingerprint density at radius 1 is 0.939 bits per heavy atom. The third-order valence-corrected chi connectivity index (χ3v) is 6.27. The molecule has 2 heterocycles. The number of nitrogens with one attached hydrogen (secondary N) is 1. The monoisotopic (exact) mass is 454 g/mol. The lowest BCUT2D eigenvalue weighted by molar-refractivity contribution is -0.384. The van der Waals surface area contributed by atoms with Gasteiger partial charge in [-0.05, 0) is 37.4 Å². The number of amides is 2. The van der Waals surface area contributed by atoms with E-state index in [1.165, 1.54) is 12.1 Å². The molecule has 0 spiro atoms. The van der Waals surface area contributed by atoms with Crippen LogP contribution in [0.2, 0.25) is 0 Å². The molecule has 0 aliphatic carbocycles. The first-order chi connectivity index (χ1) is 15.9. The fourth-order valence-electron chi connectivity index (χ4n) is 4.22. The minimum Gasteiger partial charge on any atom is -0.495 e. The van der Waals surface area contributed by atoms with Crippen LogP contribution >= 0.6 is 0 Å². The lowest BCUT2D eigenvalue weighted by atomic mass is 10.2. The Bertz CT molecular complexity index is 983. The molecule has 0 saturated carbocycles. The summed E-state index contributed by atoms with van der Waals surface area (Å²) >= 11 is 0. The van der Waals surface area contributed by atoms with E-state index in [1.54, 1.807) is 24.1 Å². The van der Waals surface area contributed by atoms with Crippen LogP contribution < -0.4 is 19.9 Å². The van der Waals surface area contributed by atoms with E-state index in [1.807, 2.05) is 18.2 Å². The zero-order valence-electron chi connectivity index (χ0n) is 19.1. The number of carbonyl (C=O) groups is 1. The Labute approximate surface area is 193 Å². The quantitative estimate of drug-likeness (QED) is 0.548. The molecule has 0 radical (unpaired) electrons. The number of urea groups is 1. The number of nitrogens with zero attached hydrogens (tertiary/aromatic N) is 5. The van der Waals surface area contributed by atoms with Crippen molar-refractivity contribution in [1.82, 2.24) is 9.80 Å². The van der Waals surface area contributed by atoms with Gasteiger partial charge in [0.1, 0.15) is 5.75 Å². The highest BCUT2D eigenvalue weighted by molar-refractivity contribution is 5.90. The largest absolute Gasteiger partial charge is 0.495 e. The summed E-state index contributed by atoms with van der Waals surface area (Å²) in [6.07, 6.45) is 0. The van der Waals surface area contributed by atoms with Crippen molar-refractivity contribution in [2.75, 3.05) is 81.6 Å². The molecular weight excluding hydrogens is 424 g/mol. The van der Waals surface area contributed by atoms with Gasteiger partial charge in [0.05, 0.1) is 17.7 Å². The second-order valence-corrected chi connectivity index (χ2v) is 8.35. The Morgan fingerprint density at radius 3 is 2.18 bits per heavy atom. The summed E-state index contributed by atoms with van der Waals surface area (Å²) in [4.78, 5) is 31.8. The van der Waals surface area contributed by atoms with Crippen molar-refractivity contribution in [3.8, 4) is 5.75 Å². The van der Waals surface area contributed by atoms with Crippen molar-refractivity contribution in [3.05, 3.63) is 52.6 Å². The normalized spacial score (nSPS) is 17.1. The summed E-state index contributed by atoms with van der Waals surface area (Å²) in [5.41, 5.74) is 2.73. The van der Waals surface area contributed by atoms with Gasteiger partial charge in [0.15, 0.2) is 0 Å². The Balaban J connectivity index is 1.36. The van der Waals surface area contributed by atoms with Gasteiger partial charge in [0.2, 0.25) is 0 Å². The second kappa shape index (κ2) is 9.95. The molecule has 0 unspecified atom stereocenters. The minimum atomic E-state index is -0.402. The maximum Gasteiger partial charge on any atom is 0.321 e. The van der Waals surface area contributed by atoms with Crippen molar-refractivity contribution in [1.29, 1.82) is 0 Å². The topological polar surface area (TPSA) is 94.4 Å². The molecule has 2 saturated heterocycles. The van der Waals surface area contributed by atoms with Gasteiger partial charge < -0.3 is 29.7 Å². The first kappa shape index (κ1) is 22.7. The van der Waals surface area contributed by atoms with E-state index in [2.05, 4.69) is 27.1 Å². The van der Waals surface area contributed by atoms with Crippen LogP contribution in [0.5, 0.6) is 5.75 Å². The molecule has 33 heavy (non-hydrogen) atoms. The molecule has 4 rings (SSSR count). The van der Waals surface area contributed by atoms with Crippen LogP contribution in [0.3, 0.4) is 0 Å². The van der Waals surface area contributed by atoms with Gasteiger partial charge in [-0.1, -0.05) is 0 Å². The highest BCUT2D eigenvalue weighted by Gasteiger charge is 2.23. The van der Waals surface area contributed by atoms with Gasteiger partial charge in [0.25, 0.3) is 5.69 Å². The second-order valence-electron chi connectivity index (χ2n) is 8.35. The van der Waals surface area contributed by atoms with Crippen LogP contribution in [0, 0.1) is 10.1 Å². The number of rotatable bonds is 5. The van der Waals surface area contributed by atoms with Gasteiger partial charge in [-0.2, -0.15) is 0 Å².